The first-order valence-electron chi connectivity index (χ1n) is 12.0. The summed E-state index contributed by atoms with van der Waals surface area (Å²) in [7, 11) is 0. The van der Waals surface area contributed by atoms with Crippen molar-refractivity contribution >= 4 is 41.4 Å². The van der Waals surface area contributed by atoms with Crippen molar-refractivity contribution in [3.05, 3.63) is 77.4 Å². The van der Waals surface area contributed by atoms with Crippen LogP contribution in [0.4, 0.5) is 0 Å². The highest BCUT2D eigenvalue weighted by molar-refractivity contribution is 14.0. The maximum Gasteiger partial charge on any atom is 0.251 e. The fourth-order valence-corrected chi connectivity index (χ4v) is 4.29. The maximum atomic E-state index is 12.6. The lowest BCUT2D eigenvalue weighted by atomic mass is 10.00. The number of nitrogens with one attached hydrogen (secondary N) is 2. The third-order valence-electron chi connectivity index (χ3n) is 6.10. The quantitative estimate of drug-likeness (QED) is 0.291. The molecule has 1 atom stereocenters. The molecular formula is C27H35IN4O2. The Hall–Kier alpha value is -2.39. The van der Waals surface area contributed by atoms with Crippen LogP contribution >= 0.6 is 24.0 Å². The minimum Gasteiger partial charge on any atom is -0.376 e. The number of carbonyl (C=O) groups excluding carboxylic acids is 1. The van der Waals surface area contributed by atoms with Gasteiger partial charge in [0.15, 0.2) is 5.96 Å². The van der Waals surface area contributed by atoms with Gasteiger partial charge in [-0.2, -0.15) is 0 Å². The van der Waals surface area contributed by atoms with Gasteiger partial charge in [-0.3, -0.25) is 4.79 Å². The van der Waals surface area contributed by atoms with E-state index < -0.39 is 0 Å². The predicted molar refractivity (Wildman–Crippen MR) is 149 cm³/mol. The molecular weight excluding hydrogens is 539 g/mol. The SMILES string of the molecule is CCNC(=NCc1cccc(C(=O)NCC2CCCO2)c1)N1CC=C(c2ccccc2)CC1.I. The summed E-state index contributed by atoms with van der Waals surface area (Å²) >= 11 is 0. The Morgan fingerprint density at radius 3 is 2.71 bits per heavy atom. The van der Waals surface area contributed by atoms with Crippen LogP contribution in [0.25, 0.3) is 5.57 Å². The smallest absolute Gasteiger partial charge is 0.251 e. The standard InChI is InChI=1S/C27H34N4O2.HI/c1-2-28-27(31-15-13-23(14-16-31)22-9-4-3-5-10-22)30-19-21-8-6-11-24(18-21)26(32)29-20-25-12-7-17-33-25;/h3-6,8-11,13,18,25H,2,7,12,14-17,19-20H2,1H3,(H,28,30)(H,29,32);1H. The van der Waals surface area contributed by atoms with E-state index in [1.165, 1.54) is 11.1 Å². The number of guanidine groups is 1. The van der Waals surface area contributed by atoms with Gasteiger partial charge in [-0.05, 0) is 55.0 Å². The average molecular weight is 575 g/mol. The van der Waals surface area contributed by atoms with E-state index in [2.05, 4.69) is 58.9 Å². The van der Waals surface area contributed by atoms with Crippen molar-refractivity contribution in [1.82, 2.24) is 15.5 Å². The topological polar surface area (TPSA) is 66.0 Å². The fraction of sp³-hybridized carbons (Fsp3) is 0.407. The number of aliphatic imine (C=N–C) groups is 1. The lowest BCUT2D eigenvalue weighted by Gasteiger charge is -2.30. The summed E-state index contributed by atoms with van der Waals surface area (Å²) in [5.41, 5.74) is 4.38. The summed E-state index contributed by atoms with van der Waals surface area (Å²) in [6.07, 6.45) is 5.52. The minimum atomic E-state index is -0.0576. The number of carbonyl (C=O) groups is 1. The first kappa shape index (κ1) is 26.2. The van der Waals surface area contributed by atoms with Crippen LogP contribution in [0.5, 0.6) is 0 Å². The molecule has 2 aromatic carbocycles. The first-order chi connectivity index (χ1) is 16.2. The largest absolute Gasteiger partial charge is 0.376 e. The van der Waals surface area contributed by atoms with Gasteiger partial charge in [-0.15, -0.1) is 24.0 Å². The second kappa shape index (κ2) is 13.5. The molecule has 2 aromatic rings. The number of amides is 1. The molecule has 0 aromatic heterocycles. The number of ether oxygens (including phenoxy) is 1. The van der Waals surface area contributed by atoms with E-state index >= 15 is 0 Å². The molecule has 0 radical (unpaired) electrons. The van der Waals surface area contributed by atoms with Gasteiger partial charge in [0.05, 0.1) is 12.6 Å². The number of rotatable bonds is 7. The molecule has 1 saturated heterocycles. The van der Waals surface area contributed by atoms with Gasteiger partial charge in [0.1, 0.15) is 0 Å². The third-order valence-corrected chi connectivity index (χ3v) is 6.10. The molecule has 2 heterocycles. The molecule has 1 fully saturated rings. The van der Waals surface area contributed by atoms with Gasteiger partial charge in [0.2, 0.25) is 0 Å². The van der Waals surface area contributed by atoms with Crippen LogP contribution in [-0.4, -0.2) is 55.7 Å². The lowest BCUT2D eigenvalue weighted by Crippen LogP contribution is -2.43. The van der Waals surface area contributed by atoms with Crippen LogP contribution in [-0.2, 0) is 11.3 Å². The Balaban J connectivity index is 0.00000324. The van der Waals surface area contributed by atoms with Crippen molar-refractivity contribution < 1.29 is 9.53 Å². The lowest BCUT2D eigenvalue weighted by molar-refractivity contribution is 0.0857. The van der Waals surface area contributed by atoms with E-state index in [1.807, 2.05) is 24.3 Å². The molecule has 0 spiro atoms. The van der Waals surface area contributed by atoms with E-state index in [9.17, 15) is 4.79 Å². The van der Waals surface area contributed by atoms with Gasteiger partial charge in [0.25, 0.3) is 5.91 Å². The predicted octanol–water partition coefficient (Wildman–Crippen LogP) is 4.47. The summed E-state index contributed by atoms with van der Waals surface area (Å²) in [6, 6.07) is 18.3. The second-order valence-electron chi connectivity index (χ2n) is 8.51. The fourth-order valence-electron chi connectivity index (χ4n) is 4.29. The average Bonchev–Trinajstić information content (AvgIpc) is 3.40. The third kappa shape index (κ3) is 7.30. The summed E-state index contributed by atoms with van der Waals surface area (Å²) in [5.74, 6) is 0.854. The Morgan fingerprint density at radius 1 is 1.15 bits per heavy atom. The van der Waals surface area contributed by atoms with Crippen molar-refractivity contribution in [2.45, 2.75) is 38.8 Å². The summed E-state index contributed by atoms with van der Waals surface area (Å²) < 4.78 is 5.59. The van der Waals surface area contributed by atoms with Crippen LogP contribution in [0.2, 0.25) is 0 Å². The van der Waals surface area contributed by atoms with E-state index in [0.29, 0.717) is 18.7 Å². The van der Waals surface area contributed by atoms with E-state index in [0.717, 1.165) is 57.0 Å². The van der Waals surface area contributed by atoms with Gasteiger partial charge >= 0.3 is 0 Å². The highest BCUT2D eigenvalue weighted by Gasteiger charge is 2.18. The molecule has 1 amide bonds. The van der Waals surface area contributed by atoms with Crippen molar-refractivity contribution in [3.8, 4) is 0 Å². The van der Waals surface area contributed by atoms with Crippen LogP contribution in [0.1, 0.15) is 47.7 Å². The van der Waals surface area contributed by atoms with Crippen molar-refractivity contribution in [2.24, 2.45) is 4.99 Å². The monoisotopic (exact) mass is 574 g/mol. The zero-order chi connectivity index (χ0) is 22.9. The molecule has 2 N–H and O–H groups in total. The van der Waals surface area contributed by atoms with Crippen LogP contribution < -0.4 is 10.6 Å². The molecule has 7 heteroatoms. The first-order valence-corrected chi connectivity index (χ1v) is 12.0. The zero-order valence-corrected chi connectivity index (χ0v) is 22.2. The molecule has 2 aliphatic heterocycles. The molecule has 34 heavy (non-hydrogen) atoms. The number of halogens is 1. The maximum absolute atomic E-state index is 12.6. The normalized spacial score (nSPS) is 18.1. The molecule has 182 valence electrons. The minimum absolute atomic E-state index is 0. The number of benzene rings is 2. The van der Waals surface area contributed by atoms with Gasteiger partial charge in [-0.25, -0.2) is 4.99 Å². The molecule has 2 aliphatic rings. The summed E-state index contributed by atoms with van der Waals surface area (Å²) in [6.45, 7) is 6.56. The second-order valence-corrected chi connectivity index (χ2v) is 8.51. The van der Waals surface area contributed by atoms with E-state index in [-0.39, 0.29) is 36.0 Å². The van der Waals surface area contributed by atoms with Crippen LogP contribution in [0.3, 0.4) is 0 Å². The highest BCUT2D eigenvalue weighted by atomic mass is 127. The number of nitrogens with zero attached hydrogens (tertiary/aromatic N) is 2. The molecule has 1 unspecified atom stereocenters. The Kier molecular flexibility index (Phi) is 10.4. The van der Waals surface area contributed by atoms with Gasteiger partial charge in [-0.1, -0.05) is 48.5 Å². The van der Waals surface area contributed by atoms with E-state index in [4.69, 9.17) is 9.73 Å². The zero-order valence-electron chi connectivity index (χ0n) is 19.8. The molecule has 6 nitrogen and oxygen atoms in total. The van der Waals surface area contributed by atoms with Gasteiger partial charge < -0.3 is 20.3 Å². The summed E-state index contributed by atoms with van der Waals surface area (Å²) in [4.78, 5) is 19.7. The van der Waals surface area contributed by atoms with Crippen LogP contribution in [0.15, 0.2) is 65.7 Å². The van der Waals surface area contributed by atoms with E-state index in [1.54, 1.807) is 0 Å². The highest BCUT2D eigenvalue weighted by Crippen LogP contribution is 2.22. The van der Waals surface area contributed by atoms with Crippen molar-refractivity contribution in [1.29, 1.82) is 0 Å². The van der Waals surface area contributed by atoms with Crippen molar-refractivity contribution in [3.63, 3.8) is 0 Å². The molecule has 0 bridgehead atoms. The Labute approximate surface area is 219 Å². The van der Waals surface area contributed by atoms with Crippen molar-refractivity contribution in [2.75, 3.05) is 32.8 Å². The van der Waals surface area contributed by atoms with Gasteiger partial charge in [0, 0.05) is 38.3 Å². The Morgan fingerprint density at radius 2 is 2.00 bits per heavy atom. The van der Waals surface area contributed by atoms with Crippen LogP contribution in [0, 0.1) is 0 Å². The summed E-state index contributed by atoms with van der Waals surface area (Å²) in [5, 5.41) is 6.42. The number of hydrogen-bond donors (Lipinski definition) is 2. The Bertz CT molecular complexity index is 987. The molecule has 4 rings (SSSR count). The molecule has 0 saturated carbocycles. The number of hydrogen-bond acceptors (Lipinski definition) is 3. The molecule has 0 aliphatic carbocycles.